The Bertz CT molecular complexity index is 186. The van der Waals surface area contributed by atoms with E-state index in [1.165, 1.54) is 25.7 Å². The van der Waals surface area contributed by atoms with E-state index in [4.69, 9.17) is 15.3 Å². The van der Waals surface area contributed by atoms with Gasteiger partial charge in [-0.1, -0.05) is 44.7 Å². The molecule has 0 aromatic heterocycles. The van der Waals surface area contributed by atoms with Gasteiger partial charge in [0, 0.05) is 6.42 Å². The Balaban J connectivity index is 0. The van der Waals surface area contributed by atoms with E-state index in [2.05, 4.69) is 22.2 Å². The molecule has 0 rings (SSSR count). The van der Waals surface area contributed by atoms with Crippen molar-refractivity contribution in [2.75, 3.05) is 26.4 Å². The molecule has 0 aromatic rings. The minimum absolute atomic E-state index is 0.0600. The third kappa shape index (κ3) is 26.0. The molecule has 0 aliphatic rings. The molecular formula is C13H29NO6. The molecule has 0 aliphatic carbocycles. The van der Waals surface area contributed by atoms with Gasteiger partial charge in [-0.05, 0) is 6.42 Å². The summed E-state index contributed by atoms with van der Waals surface area (Å²) in [6.45, 7) is 2.40. The van der Waals surface area contributed by atoms with Crippen LogP contribution in [0.2, 0.25) is 0 Å². The Kier molecular flexibility index (Phi) is 22.2. The molecule has 0 aromatic carbocycles. The van der Waals surface area contributed by atoms with Crippen molar-refractivity contribution in [3.8, 4) is 0 Å². The van der Waals surface area contributed by atoms with Gasteiger partial charge in [-0.15, -0.1) is 0 Å². The zero-order valence-corrected chi connectivity index (χ0v) is 12.3. The number of carbonyl (C=O) groups is 1. The standard InChI is InChI=1S/C9H18O2.C4H11NO4/c1-2-3-4-5-6-7-8-9(10)11;6-1-3-8-5-9-4-2-7/h2-8H2,1H3,(H,10,11);5-7H,1-4H2. The second kappa shape index (κ2) is 20.6. The molecule has 0 saturated heterocycles. The minimum Gasteiger partial charge on any atom is -0.481 e. The molecule has 0 saturated carbocycles. The van der Waals surface area contributed by atoms with Crippen molar-refractivity contribution in [3.63, 3.8) is 0 Å². The molecule has 7 heteroatoms. The van der Waals surface area contributed by atoms with Crippen LogP contribution < -0.4 is 5.64 Å². The highest BCUT2D eigenvalue weighted by Gasteiger charge is 1.95. The maximum Gasteiger partial charge on any atom is 0.303 e. The molecule has 0 heterocycles. The van der Waals surface area contributed by atoms with Crippen LogP contribution in [-0.4, -0.2) is 47.7 Å². The second-order valence-corrected chi connectivity index (χ2v) is 4.14. The molecule has 0 amide bonds. The van der Waals surface area contributed by atoms with Crippen molar-refractivity contribution < 1.29 is 29.8 Å². The minimum atomic E-state index is -0.666. The predicted molar refractivity (Wildman–Crippen MR) is 74.8 cm³/mol. The normalized spacial score (nSPS) is 9.95. The van der Waals surface area contributed by atoms with Gasteiger partial charge in [0.15, 0.2) is 0 Å². The zero-order valence-electron chi connectivity index (χ0n) is 12.3. The van der Waals surface area contributed by atoms with E-state index in [1.54, 1.807) is 0 Å². The van der Waals surface area contributed by atoms with E-state index >= 15 is 0 Å². The van der Waals surface area contributed by atoms with Gasteiger partial charge < -0.3 is 15.3 Å². The molecule has 20 heavy (non-hydrogen) atoms. The monoisotopic (exact) mass is 295 g/mol. The highest BCUT2D eigenvalue weighted by Crippen LogP contribution is 2.06. The fourth-order valence-electron chi connectivity index (χ4n) is 1.27. The number of aliphatic hydroxyl groups is 2. The van der Waals surface area contributed by atoms with Gasteiger partial charge in [0.05, 0.1) is 26.4 Å². The summed E-state index contributed by atoms with van der Waals surface area (Å²) in [5.74, 6) is -0.666. The van der Waals surface area contributed by atoms with E-state index in [9.17, 15) is 4.79 Å². The van der Waals surface area contributed by atoms with Crippen LogP contribution in [0.3, 0.4) is 0 Å². The number of carboxylic acids is 1. The summed E-state index contributed by atoms with van der Waals surface area (Å²) in [7, 11) is 0. The third-order valence-electron chi connectivity index (χ3n) is 2.25. The van der Waals surface area contributed by atoms with Crippen LogP contribution in [0.15, 0.2) is 0 Å². The van der Waals surface area contributed by atoms with Crippen LogP contribution in [0.4, 0.5) is 0 Å². The first-order valence-electron chi connectivity index (χ1n) is 7.11. The molecule has 0 spiro atoms. The number of aliphatic hydroxyl groups excluding tert-OH is 2. The highest BCUT2D eigenvalue weighted by molar-refractivity contribution is 5.66. The molecule has 0 bridgehead atoms. The summed E-state index contributed by atoms with van der Waals surface area (Å²) in [6, 6.07) is 0. The molecule has 0 aliphatic heterocycles. The number of hydrogen-bond donors (Lipinski definition) is 4. The van der Waals surface area contributed by atoms with Gasteiger partial charge in [0.25, 0.3) is 0 Å². The number of hydrogen-bond acceptors (Lipinski definition) is 6. The number of rotatable bonds is 13. The summed E-state index contributed by atoms with van der Waals surface area (Å²) in [4.78, 5) is 19.0. The van der Waals surface area contributed by atoms with E-state index < -0.39 is 5.97 Å². The Morgan fingerprint density at radius 3 is 1.90 bits per heavy atom. The van der Waals surface area contributed by atoms with Crippen molar-refractivity contribution in [3.05, 3.63) is 0 Å². The fraction of sp³-hybridized carbons (Fsp3) is 0.923. The Morgan fingerprint density at radius 1 is 0.950 bits per heavy atom. The maximum atomic E-state index is 10.1. The van der Waals surface area contributed by atoms with Crippen molar-refractivity contribution in [2.24, 2.45) is 0 Å². The average Bonchev–Trinajstić information content (AvgIpc) is 2.43. The third-order valence-corrected chi connectivity index (χ3v) is 2.25. The zero-order chi connectivity index (χ0) is 15.5. The summed E-state index contributed by atoms with van der Waals surface area (Å²) >= 11 is 0. The molecule has 7 nitrogen and oxygen atoms in total. The maximum absolute atomic E-state index is 10.1. The van der Waals surface area contributed by atoms with Gasteiger partial charge in [-0.2, -0.15) is 0 Å². The van der Waals surface area contributed by atoms with Crippen molar-refractivity contribution in [1.82, 2.24) is 5.64 Å². The van der Waals surface area contributed by atoms with Crippen LogP contribution in [-0.2, 0) is 14.5 Å². The quantitative estimate of drug-likeness (QED) is 0.299. The summed E-state index contributed by atoms with van der Waals surface area (Å²) in [5.41, 5.74) is 2.07. The highest BCUT2D eigenvalue weighted by atomic mass is 16.9. The first-order chi connectivity index (χ1) is 9.68. The van der Waals surface area contributed by atoms with Crippen LogP contribution >= 0.6 is 0 Å². The first kappa shape index (κ1) is 21.6. The Morgan fingerprint density at radius 2 is 1.45 bits per heavy atom. The van der Waals surface area contributed by atoms with E-state index in [1.807, 2.05) is 0 Å². The van der Waals surface area contributed by atoms with E-state index in [0.29, 0.717) is 6.42 Å². The lowest BCUT2D eigenvalue weighted by molar-refractivity contribution is -0.178. The van der Waals surface area contributed by atoms with E-state index in [-0.39, 0.29) is 26.4 Å². The fourth-order valence-corrected chi connectivity index (χ4v) is 1.27. The van der Waals surface area contributed by atoms with Crippen LogP contribution in [0.25, 0.3) is 0 Å². The molecular weight excluding hydrogens is 266 g/mol. The lowest BCUT2D eigenvalue weighted by Crippen LogP contribution is -2.19. The molecule has 4 N–H and O–H groups in total. The first-order valence-corrected chi connectivity index (χ1v) is 7.11. The average molecular weight is 295 g/mol. The van der Waals surface area contributed by atoms with Gasteiger partial charge in [-0.25, -0.2) is 0 Å². The number of unbranched alkanes of at least 4 members (excludes halogenated alkanes) is 5. The van der Waals surface area contributed by atoms with Gasteiger partial charge in [0.2, 0.25) is 0 Å². The Labute approximate surface area is 120 Å². The molecule has 0 unspecified atom stereocenters. The van der Waals surface area contributed by atoms with Crippen LogP contribution in [0.1, 0.15) is 51.9 Å². The summed E-state index contributed by atoms with van der Waals surface area (Å²) in [5, 5.41) is 24.6. The number of nitrogens with one attached hydrogen (secondary N) is 1. The SMILES string of the molecule is CCCCCCCCC(=O)O.OCCONOCCO. The molecule has 0 radical (unpaired) electrons. The lowest BCUT2D eigenvalue weighted by Gasteiger charge is -2.01. The van der Waals surface area contributed by atoms with Crippen LogP contribution in [0, 0.1) is 0 Å². The smallest absolute Gasteiger partial charge is 0.303 e. The van der Waals surface area contributed by atoms with Gasteiger partial charge in [-0.3, -0.25) is 14.5 Å². The van der Waals surface area contributed by atoms with Crippen molar-refractivity contribution >= 4 is 5.97 Å². The summed E-state index contributed by atoms with van der Waals surface area (Å²) < 4.78 is 0. The topological polar surface area (TPSA) is 108 Å². The largest absolute Gasteiger partial charge is 0.481 e. The molecule has 0 atom stereocenters. The number of aliphatic carboxylic acids is 1. The van der Waals surface area contributed by atoms with Crippen molar-refractivity contribution in [1.29, 1.82) is 0 Å². The van der Waals surface area contributed by atoms with Crippen molar-refractivity contribution in [2.45, 2.75) is 51.9 Å². The lowest BCUT2D eigenvalue weighted by atomic mass is 10.1. The van der Waals surface area contributed by atoms with E-state index in [0.717, 1.165) is 12.8 Å². The summed E-state index contributed by atoms with van der Waals surface area (Å²) in [6.07, 6.45) is 7.25. The molecule has 122 valence electrons. The molecule has 0 fully saturated rings. The predicted octanol–water partition coefficient (Wildman–Crippen LogP) is 1.25. The second-order valence-electron chi connectivity index (χ2n) is 4.14. The Hall–Kier alpha value is -0.730. The van der Waals surface area contributed by atoms with Gasteiger partial charge >= 0.3 is 5.97 Å². The van der Waals surface area contributed by atoms with Gasteiger partial charge in [0.1, 0.15) is 0 Å². The number of carboxylic acid groups (broad SMARTS) is 1. The van der Waals surface area contributed by atoms with Crippen LogP contribution in [0.5, 0.6) is 0 Å².